The molecule has 38 heavy (non-hydrogen) atoms. The monoisotopic (exact) mass is 554 g/mol. The van der Waals surface area contributed by atoms with Crippen LogP contribution in [0.3, 0.4) is 0 Å². The highest BCUT2D eigenvalue weighted by Gasteiger charge is 2.19. The van der Waals surface area contributed by atoms with Crippen LogP contribution in [0.2, 0.25) is 0 Å². The van der Waals surface area contributed by atoms with Gasteiger partial charge < -0.3 is 15.2 Å². The Morgan fingerprint density at radius 2 is 1.79 bits per heavy atom. The summed E-state index contributed by atoms with van der Waals surface area (Å²) in [5, 5.41) is 7.28. The van der Waals surface area contributed by atoms with Crippen molar-refractivity contribution < 1.29 is 17.6 Å². The van der Waals surface area contributed by atoms with Crippen LogP contribution in [-0.2, 0) is 10.0 Å². The van der Waals surface area contributed by atoms with Crippen molar-refractivity contribution in [3.63, 3.8) is 0 Å². The fourth-order valence-electron chi connectivity index (χ4n) is 4.13. The molecule has 2 heterocycles. The summed E-state index contributed by atoms with van der Waals surface area (Å²) in [5.41, 5.74) is 3.64. The lowest BCUT2D eigenvalue weighted by atomic mass is 10.1. The van der Waals surface area contributed by atoms with Gasteiger partial charge in [0.25, 0.3) is 15.9 Å². The Bertz CT molecular complexity index is 1730. The van der Waals surface area contributed by atoms with Crippen molar-refractivity contribution in [3.8, 4) is 5.69 Å². The first-order chi connectivity index (χ1) is 17.9. The number of aryl methyl sites for hydroxylation is 3. The number of hydrogen-bond acceptors (Lipinski definition) is 6. The van der Waals surface area contributed by atoms with Gasteiger partial charge in [-0.25, -0.2) is 12.8 Å². The van der Waals surface area contributed by atoms with E-state index in [9.17, 15) is 22.4 Å². The van der Waals surface area contributed by atoms with Crippen molar-refractivity contribution in [1.29, 1.82) is 0 Å². The number of rotatable bonds is 8. The third-order valence-corrected chi connectivity index (χ3v) is 8.00. The summed E-state index contributed by atoms with van der Waals surface area (Å²) in [4.78, 5) is 26.5. The smallest absolute Gasteiger partial charge is 0.261 e. The molecule has 1 amide bonds. The number of amides is 1. The molecule has 0 saturated heterocycles. The highest BCUT2D eigenvalue weighted by atomic mass is 32.2. The lowest BCUT2D eigenvalue weighted by molar-refractivity contribution is 0.0960. The van der Waals surface area contributed by atoms with E-state index in [1.165, 1.54) is 12.1 Å². The Morgan fingerprint density at radius 3 is 2.42 bits per heavy atom. The number of aromatic nitrogens is 1. The summed E-state index contributed by atoms with van der Waals surface area (Å²) in [6, 6.07) is 9.30. The summed E-state index contributed by atoms with van der Waals surface area (Å²) in [5.74, 6) is -0.644. The highest BCUT2D eigenvalue weighted by molar-refractivity contribution is 7.95. The van der Waals surface area contributed by atoms with Gasteiger partial charge in [0.1, 0.15) is 10.6 Å². The van der Waals surface area contributed by atoms with Crippen LogP contribution in [0.15, 0.2) is 59.4 Å². The molecule has 4 rings (SSSR count). The van der Waals surface area contributed by atoms with E-state index >= 15 is 0 Å². The fraction of sp³-hybridized carbons (Fsp3) is 0.185. The van der Waals surface area contributed by atoms with Gasteiger partial charge in [-0.2, -0.15) is 0 Å². The largest absolute Gasteiger partial charge is 0.353 e. The van der Waals surface area contributed by atoms with Gasteiger partial charge in [0.2, 0.25) is 0 Å². The van der Waals surface area contributed by atoms with Crippen molar-refractivity contribution >= 4 is 54.5 Å². The van der Waals surface area contributed by atoms with Gasteiger partial charge >= 0.3 is 0 Å². The van der Waals surface area contributed by atoms with Crippen molar-refractivity contribution in [2.45, 2.75) is 27.7 Å². The summed E-state index contributed by atoms with van der Waals surface area (Å²) < 4.78 is 42.5. The quantitative estimate of drug-likeness (QED) is 0.267. The Morgan fingerprint density at radius 1 is 1.11 bits per heavy atom. The number of hydrogen-bond donors (Lipinski definition) is 3. The van der Waals surface area contributed by atoms with E-state index in [-0.39, 0.29) is 22.8 Å². The van der Waals surface area contributed by atoms with E-state index in [1.54, 1.807) is 55.8 Å². The predicted molar refractivity (Wildman–Crippen MR) is 152 cm³/mol. The molecule has 198 valence electrons. The molecule has 4 aromatic rings. The number of sulfonamides is 1. The van der Waals surface area contributed by atoms with Crippen LogP contribution in [0.5, 0.6) is 0 Å². The average molecular weight is 555 g/mol. The van der Waals surface area contributed by atoms with Crippen LogP contribution < -0.4 is 20.8 Å². The van der Waals surface area contributed by atoms with Gasteiger partial charge in [-0.15, -0.1) is 11.3 Å². The summed E-state index contributed by atoms with van der Waals surface area (Å²) >= 11 is 1.16. The molecule has 0 atom stereocenters. The van der Waals surface area contributed by atoms with Crippen LogP contribution in [0, 0.1) is 26.6 Å². The molecule has 0 spiro atoms. The van der Waals surface area contributed by atoms with E-state index in [0.29, 0.717) is 55.4 Å². The topological polar surface area (TPSA) is 109 Å². The predicted octanol–water partition coefficient (Wildman–Crippen LogP) is 5.50. The molecule has 0 fully saturated rings. The molecule has 0 unspecified atom stereocenters. The second kappa shape index (κ2) is 10.4. The minimum absolute atomic E-state index is 0.203. The molecular formula is C27H27FN4O4S2. The van der Waals surface area contributed by atoms with Crippen LogP contribution >= 0.6 is 11.3 Å². The number of fused-ring (bicyclic) bond motifs is 1. The molecule has 0 aliphatic carbocycles. The normalized spacial score (nSPS) is 11.4. The molecule has 0 aliphatic rings. The Balaban J connectivity index is 1.99. The van der Waals surface area contributed by atoms with Gasteiger partial charge in [-0.3, -0.25) is 14.3 Å². The van der Waals surface area contributed by atoms with Gasteiger partial charge in [0.15, 0.2) is 5.43 Å². The maximum absolute atomic E-state index is 13.9. The summed E-state index contributed by atoms with van der Waals surface area (Å²) in [6.45, 7) is 10.8. The standard InChI is InChI=1S/C27H27FN4O4S2/c1-6-29-26(34)23-13-20-25(33)17(5)14-32(27(20)37-23)22-12-19(31-38(35,36)7-2)8-9-21(22)30-24-15(3)10-18(28)11-16(24)4/h7-14,30-31H,2,6H2,1,3-5H3,(H,29,34). The van der Waals surface area contributed by atoms with Gasteiger partial charge in [0, 0.05) is 29.4 Å². The second-order valence-corrected chi connectivity index (χ2v) is 11.4. The molecule has 11 heteroatoms. The van der Waals surface area contributed by atoms with Crippen molar-refractivity contribution in [1.82, 2.24) is 9.88 Å². The number of carbonyl (C=O) groups is 1. The lowest BCUT2D eigenvalue weighted by Crippen LogP contribution is -2.21. The van der Waals surface area contributed by atoms with Crippen molar-refractivity contribution in [2.24, 2.45) is 0 Å². The lowest BCUT2D eigenvalue weighted by Gasteiger charge is -2.20. The summed E-state index contributed by atoms with van der Waals surface area (Å²) in [6.07, 6.45) is 1.65. The first-order valence-corrected chi connectivity index (χ1v) is 14.1. The zero-order valence-corrected chi connectivity index (χ0v) is 22.9. The van der Waals surface area contributed by atoms with E-state index in [2.05, 4.69) is 21.9 Å². The van der Waals surface area contributed by atoms with Gasteiger partial charge in [-0.1, -0.05) is 6.58 Å². The van der Waals surface area contributed by atoms with Gasteiger partial charge in [-0.05, 0) is 75.2 Å². The molecular weight excluding hydrogens is 527 g/mol. The van der Waals surface area contributed by atoms with Crippen LogP contribution in [0.4, 0.5) is 21.5 Å². The zero-order valence-electron chi connectivity index (χ0n) is 21.3. The first-order valence-electron chi connectivity index (χ1n) is 11.7. The highest BCUT2D eigenvalue weighted by Crippen LogP contribution is 2.35. The summed E-state index contributed by atoms with van der Waals surface area (Å²) in [7, 11) is -3.79. The molecule has 0 aliphatic heterocycles. The minimum Gasteiger partial charge on any atom is -0.353 e. The third kappa shape index (κ3) is 5.34. The average Bonchev–Trinajstić information content (AvgIpc) is 3.30. The van der Waals surface area contributed by atoms with Crippen molar-refractivity contribution in [3.05, 3.63) is 92.2 Å². The number of benzene rings is 2. The first kappa shape index (κ1) is 27.1. The molecule has 8 nitrogen and oxygen atoms in total. The van der Waals surface area contributed by atoms with E-state index in [4.69, 9.17) is 0 Å². The van der Waals surface area contributed by atoms with Crippen LogP contribution in [0.1, 0.15) is 33.3 Å². The minimum atomic E-state index is -3.79. The molecule has 2 aromatic heterocycles. The molecule has 2 aromatic carbocycles. The molecule has 0 bridgehead atoms. The molecule has 0 radical (unpaired) electrons. The molecule has 0 saturated carbocycles. The number of pyridine rings is 1. The van der Waals surface area contributed by atoms with Gasteiger partial charge in [0.05, 0.1) is 27.3 Å². The number of halogens is 1. The number of nitrogens with one attached hydrogen (secondary N) is 3. The van der Waals surface area contributed by atoms with Crippen LogP contribution in [0.25, 0.3) is 15.9 Å². The maximum atomic E-state index is 13.9. The SMILES string of the molecule is C=CS(=O)(=O)Nc1ccc(Nc2c(C)cc(F)cc2C)c(-n2cc(C)c(=O)c3cc(C(=O)NCC)sc32)c1. The number of carbonyl (C=O) groups excluding carboxylic acids is 1. The maximum Gasteiger partial charge on any atom is 0.261 e. The van der Waals surface area contributed by atoms with Crippen molar-refractivity contribution in [2.75, 3.05) is 16.6 Å². The van der Waals surface area contributed by atoms with E-state index < -0.39 is 10.0 Å². The zero-order chi connectivity index (χ0) is 27.8. The Kier molecular flexibility index (Phi) is 7.43. The van der Waals surface area contributed by atoms with E-state index in [0.717, 1.165) is 16.7 Å². The van der Waals surface area contributed by atoms with Crippen LogP contribution in [-0.4, -0.2) is 25.4 Å². The number of nitrogens with zero attached hydrogens (tertiary/aromatic N) is 1. The van der Waals surface area contributed by atoms with E-state index in [1.807, 2.05) is 6.92 Å². The Hall–Kier alpha value is -3.96. The second-order valence-electron chi connectivity index (χ2n) is 8.79. The molecule has 3 N–H and O–H groups in total. The number of anilines is 3. The fourth-order valence-corrected chi connectivity index (χ4v) is 5.73. The third-order valence-electron chi connectivity index (χ3n) is 5.91. The Labute approximate surface area is 223 Å². The number of thiophene rings is 1.